The van der Waals surface area contributed by atoms with Crippen LogP contribution in [0.5, 0.6) is 0 Å². The molecule has 0 unspecified atom stereocenters. The number of rotatable bonds is 3. The van der Waals surface area contributed by atoms with Crippen molar-refractivity contribution in [3.05, 3.63) is 0 Å². The van der Waals surface area contributed by atoms with Crippen molar-refractivity contribution in [1.82, 2.24) is 0 Å². The van der Waals surface area contributed by atoms with E-state index in [1.807, 2.05) is 0 Å². The molecule has 0 aromatic carbocycles. The van der Waals surface area contributed by atoms with E-state index in [2.05, 4.69) is 0 Å². The third-order valence-electron chi connectivity index (χ3n) is 2.45. The van der Waals surface area contributed by atoms with Gasteiger partial charge in [-0.2, -0.15) is 0 Å². The predicted molar refractivity (Wildman–Crippen MR) is 42.5 cm³/mol. The van der Waals surface area contributed by atoms with Crippen molar-refractivity contribution in [2.45, 2.75) is 19.3 Å². The van der Waals surface area contributed by atoms with E-state index in [0.717, 1.165) is 6.42 Å². The Morgan fingerprint density at radius 3 is 2.42 bits per heavy atom. The van der Waals surface area contributed by atoms with Gasteiger partial charge in [-0.1, -0.05) is 6.42 Å². The summed E-state index contributed by atoms with van der Waals surface area (Å²) >= 11 is 0. The number of hydrogen-bond donors (Lipinski definition) is 2. The molecule has 0 saturated heterocycles. The van der Waals surface area contributed by atoms with Crippen LogP contribution in [0.2, 0.25) is 0 Å². The van der Waals surface area contributed by atoms with Gasteiger partial charge in [-0.15, -0.1) is 0 Å². The Balaban J connectivity index is 2.63. The van der Waals surface area contributed by atoms with Crippen LogP contribution in [-0.2, 0) is 9.59 Å². The van der Waals surface area contributed by atoms with E-state index in [1.165, 1.54) is 0 Å². The zero-order chi connectivity index (χ0) is 9.14. The molecule has 4 heteroatoms. The van der Waals surface area contributed by atoms with Gasteiger partial charge in [-0.05, 0) is 12.8 Å². The summed E-state index contributed by atoms with van der Waals surface area (Å²) in [6.45, 7) is -0.0333. The lowest BCUT2D eigenvalue weighted by molar-refractivity contribution is -0.145. The molecule has 0 aliphatic heterocycles. The number of carbonyl (C=O) groups is 2. The Bertz CT molecular complexity index is 202. The van der Waals surface area contributed by atoms with E-state index < -0.39 is 11.9 Å². The summed E-state index contributed by atoms with van der Waals surface area (Å²) in [5.41, 5.74) is 5.17. The van der Waals surface area contributed by atoms with E-state index in [4.69, 9.17) is 10.8 Å². The van der Waals surface area contributed by atoms with Crippen LogP contribution in [-0.4, -0.2) is 23.4 Å². The fourth-order valence-corrected chi connectivity index (χ4v) is 1.79. The minimum atomic E-state index is -0.862. The SMILES string of the molecule is NCC(=O)[C@@H]1CCC[C@H]1C(=O)O. The summed E-state index contributed by atoms with van der Waals surface area (Å²) in [7, 11) is 0. The van der Waals surface area contributed by atoms with Crippen molar-refractivity contribution in [1.29, 1.82) is 0 Å². The van der Waals surface area contributed by atoms with Gasteiger partial charge >= 0.3 is 5.97 Å². The molecule has 1 fully saturated rings. The number of carbonyl (C=O) groups excluding carboxylic acids is 1. The Kier molecular flexibility index (Phi) is 2.81. The summed E-state index contributed by atoms with van der Waals surface area (Å²) in [5.74, 6) is -1.78. The number of ketones is 1. The second-order valence-electron chi connectivity index (χ2n) is 3.15. The largest absolute Gasteiger partial charge is 0.481 e. The number of Topliss-reactive ketones (excluding diaryl/α,β-unsaturated/α-hetero) is 1. The lowest BCUT2D eigenvalue weighted by Gasteiger charge is -2.12. The molecule has 1 saturated carbocycles. The van der Waals surface area contributed by atoms with Crippen LogP contribution in [0.3, 0.4) is 0 Å². The molecule has 12 heavy (non-hydrogen) atoms. The van der Waals surface area contributed by atoms with Crippen molar-refractivity contribution in [3.63, 3.8) is 0 Å². The van der Waals surface area contributed by atoms with Gasteiger partial charge in [0.25, 0.3) is 0 Å². The molecule has 0 aromatic rings. The van der Waals surface area contributed by atoms with E-state index in [0.29, 0.717) is 12.8 Å². The summed E-state index contributed by atoms with van der Waals surface area (Å²) in [5, 5.41) is 8.74. The molecule has 1 rings (SSSR count). The first-order valence-electron chi connectivity index (χ1n) is 4.12. The van der Waals surface area contributed by atoms with Gasteiger partial charge in [0.1, 0.15) is 5.78 Å². The Morgan fingerprint density at radius 1 is 1.33 bits per heavy atom. The quantitative estimate of drug-likeness (QED) is 0.627. The first-order valence-corrected chi connectivity index (χ1v) is 4.12. The lowest BCUT2D eigenvalue weighted by atomic mass is 9.92. The third kappa shape index (κ3) is 1.64. The summed E-state index contributed by atoms with van der Waals surface area (Å²) in [6, 6.07) is 0. The average molecular weight is 171 g/mol. The van der Waals surface area contributed by atoms with Crippen molar-refractivity contribution in [2.24, 2.45) is 17.6 Å². The van der Waals surface area contributed by atoms with Crippen molar-refractivity contribution in [2.75, 3.05) is 6.54 Å². The number of aliphatic carboxylic acids is 1. The molecule has 0 aromatic heterocycles. The zero-order valence-electron chi connectivity index (χ0n) is 6.82. The number of hydrogen-bond acceptors (Lipinski definition) is 3. The maximum Gasteiger partial charge on any atom is 0.307 e. The highest BCUT2D eigenvalue weighted by molar-refractivity contribution is 5.87. The van der Waals surface area contributed by atoms with Crippen molar-refractivity contribution >= 4 is 11.8 Å². The van der Waals surface area contributed by atoms with E-state index in [-0.39, 0.29) is 18.2 Å². The monoisotopic (exact) mass is 171 g/mol. The molecule has 0 amide bonds. The highest BCUT2D eigenvalue weighted by Crippen LogP contribution is 2.32. The highest BCUT2D eigenvalue weighted by Gasteiger charge is 2.36. The van der Waals surface area contributed by atoms with Gasteiger partial charge < -0.3 is 10.8 Å². The second kappa shape index (κ2) is 3.67. The van der Waals surface area contributed by atoms with Crippen molar-refractivity contribution in [3.8, 4) is 0 Å². The Labute approximate surface area is 70.7 Å². The van der Waals surface area contributed by atoms with Gasteiger partial charge in [0, 0.05) is 5.92 Å². The molecular formula is C8H13NO3. The van der Waals surface area contributed by atoms with Crippen LogP contribution in [0, 0.1) is 11.8 Å². The first-order chi connectivity index (χ1) is 5.66. The molecule has 1 aliphatic rings. The molecule has 4 nitrogen and oxygen atoms in total. The fourth-order valence-electron chi connectivity index (χ4n) is 1.79. The maximum absolute atomic E-state index is 11.1. The lowest BCUT2D eigenvalue weighted by Crippen LogP contribution is -2.29. The second-order valence-corrected chi connectivity index (χ2v) is 3.15. The molecule has 0 radical (unpaired) electrons. The van der Waals surface area contributed by atoms with Gasteiger partial charge in [0.2, 0.25) is 0 Å². The standard InChI is InChI=1S/C8H13NO3/c9-4-7(10)5-2-1-3-6(5)8(11)12/h5-6H,1-4,9H2,(H,11,12)/t5-,6-/m1/s1. The predicted octanol–water partition coefficient (Wildman–Crippen LogP) is 0.0151. The highest BCUT2D eigenvalue weighted by atomic mass is 16.4. The Hall–Kier alpha value is -0.900. The number of carboxylic acids is 1. The number of carboxylic acid groups (broad SMARTS) is 1. The van der Waals surface area contributed by atoms with Crippen molar-refractivity contribution < 1.29 is 14.7 Å². The van der Waals surface area contributed by atoms with Gasteiger partial charge in [0.15, 0.2) is 0 Å². The third-order valence-corrected chi connectivity index (χ3v) is 2.45. The maximum atomic E-state index is 11.1. The summed E-state index contributed by atoms with van der Waals surface area (Å²) in [4.78, 5) is 21.8. The van der Waals surface area contributed by atoms with Crippen LogP contribution < -0.4 is 5.73 Å². The molecule has 0 spiro atoms. The van der Waals surface area contributed by atoms with Crippen LogP contribution in [0.25, 0.3) is 0 Å². The average Bonchev–Trinajstić information content (AvgIpc) is 2.50. The normalized spacial score (nSPS) is 28.8. The van der Waals surface area contributed by atoms with Crippen LogP contribution >= 0.6 is 0 Å². The first kappa shape index (κ1) is 9.19. The van der Waals surface area contributed by atoms with E-state index >= 15 is 0 Å². The van der Waals surface area contributed by atoms with Gasteiger partial charge in [-0.25, -0.2) is 0 Å². The van der Waals surface area contributed by atoms with E-state index in [9.17, 15) is 9.59 Å². The van der Waals surface area contributed by atoms with Gasteiger partial charge in [0.05, 0.1) is 12.5 Å². The zero-order valence-corrected chi connectivity index (χ0v) is 6.82. The van der Waals surface area contributed by atoms with Crippen LogP contribution in [0.15, 0.2) is 0 Å². The molecule has 0 bridgehead atoms. The fraction of sp³-hybridized carbons (Fsp3) is 0.750. The molecular weight excluding hydrogens is 158 g/mol. The Morgan fingerprint density at radius 2 is 1.92 bits per heavy atom. The molecule has 3 N–H and O–H groups in total. The molecule has 0 heterocycles. The topological polar surface area (TPSA) is 80.4 Å². The van der Waals surface area contributed by atoms with Crippen LogP contribution in [0.1, 0.15) is 19.3 Å². The smallest absolute Gasteiger partial charge is 0.307 e. The minimum absolute atomic E-state index is 0.0333. The summed E-state index contributed by atoms with van der Waals surface area (Å²) in [6.07, 6.45) is 2.13. The minimum Gasteiger partial charge on any atom is -0.481 e. The molecule has 1 aliphatic carbocycles. The number of nitrogens with two attached hydrogens (primary N) is 1. The van der Waals surface area contributed by atoms with Gasteiger partial charge in [-0.3, -0.25) is 9.59 Å². The summed E-state index contributed by atoms with van der Waals surface area (Å²) < 4.78 is 0. The molecule has 2 atom stereocenters. The van der Waals surface area contributed by atoms with Crippen LogP contribution in [0.4, 0.5) is 0 Å². The molecule has 68 valence electrons. The van der Waals surface area contributed by atoms with E-state index in [1.54, 1.807) is 0 Å².